The maximum atomic E-state index is 11.2. The second-order valence-electron chi connectivity index (χ2n) is 5.30. The molecule has 5 heteroatoms. The molecule has 2 aromatic rings. The smallest absolute Gasteiger partial charge is 0.307 e. The van der Waals surface area contributed by atoms with E-state index < -0.39 is 11.9 Å². The number of nitrogens with zero attached hydrogens (tertiary/aromatic N) is 2. The van der Waals surface area contributed by atoms with E-state index in [2.05, 4.69) is 10.1 Å². The summed E-state index contributed by atoms with van der Waals surface area (Å²) in [5.74, 6) is -0.357. The predicted molar refractivity (Wildman–Crippen MR) is 72.2 cm³/mol. The molecule has 1 N–H and O–H groups in total. The second-order valence-corrected chi connectivity index (χ2v) is 5.30. The van der Waals surface area contributed by atoms with Crippen LogP contribution in [0.1, 0.15) is 36.6 Å². The predicted octanol–water partition coefficient (Wildman–Crippen LogP) is 3.01. The van der Waals surface area contributed by atoms with Crippen molar-refractivity contribution in [3.05, 3.63) is 35.7 Å². The number of aromatic nitrogens is 2. The Morgan fingerprint density at radius 2 is 2.05 bits per heavy atom. The van der Waals surface area contributed by atoms with E-state index in [0.717, 1.165) is 18.4 Å². The Morgan fingerprint density at radius 3 is 2.75 bits per heavy atom. The zero-order chi connectivity index (χ0) is 14.1. The maximum Gasteiger partial charge on any atom is 0.307 e. The number of hydrogen-bond acceptors (Lipinski definition) is 4. The van der Waals surface area contributed by atoms with Crippen molar-refractivity contribution in [2.45, 2.75) is 32.1 Å². The Morgan fingerprint density at radius 1 is 1.30 bits per heavy atom. The SMILES string of the molecule is Cc1ccc(-c2noc(C3CCCC3C(=O)O)n2)cc1. The molecule has 1 aliphatic rings. The molecule has 2 atom stereocenters. The van der Waals surface area contributed by atoms with Gasteiger partial charge in [-0.25, -0.2) is 0 Å². The Kier molecular flexibility index (Phi) is 3.26. The molecule has 1 aromatic heterocycles. The summed E-state index contributed by atoms with van der Waals surface area (Å²) in [6, 6.07) is 7.85. The van der Waals surface area contributed by atoms with Crippen molar-refractivity contribution < 1.29 is 14.4 Å². The summed E-state index contributed by atoms with van der Waals surface area (Å²) in [5.41, 5.74) is 2.05. The highest BCUT2D eigenvalue weighted by Gasteiger charge is 2.37. The summed E-state index contributed by atoms with van der Waals surface area (Å²) in [6.07, 6.45) is 2.37. The van der Waals surface area contributed by atoms with Crippen LogP contribution in [0.25, 0.3) is 11.4 Å². The van der Waals surface area contributed by atoms with E-state index in [1.807, 2.05) is 31.2 Å². The van der Waals surface area contributed by atoms with Gasteiger partial charge in [0.15, 0.2) is 0 Å². The van der Waals surface area contributed by atoms with Crippen molar-refractivity contribution in [1.29, 1.82) is 0 Å². The van der Waals surface area contributed by atoms with Crippen molar-refractivity contribution in [2.24, 2.45) is 5.92 Å². The van der Waals surface area contributed by atoms with Crippen molar-refractivity contribution in [2.75, 3.05) is 0 Å². The van der Waals surface area contributed by atoms with Crippen LogP contribution in [0, 0.1) is 12.8 Å². The Labute approximate surface area is 116 Å². The Hall–Kier alpha value is -2.17. The van der Waals surface area contributed by atoms with Gasteiger partial charge in [0.05, 0.1) is 11.8 Å². The first kappa shape index (κ1) is 12.8. The molecule has 2 unspecified atom stereocenters. The van der Waals surface area contributed by atoms with E-state index >= 15 is 0 Å². The van der Waals surface area contributed by atoms with Crippen LogP contribution in [0.3, 0.4) is 0 Å². The number of benzene rings is 1. The summed E-state index contributed by atoms with van der Waals surface area (Å²) in [5, 5.41) is 13.2. The van der Waals surface area contributed by atoms with Gasteiger partial charge >= 0.3 is 5.97 Å². The van der Waals surface area contributed by atoms with E-state index in [4.69, 9.17) is 4.52 Å². The first-order valence-electron chi connectivity index (χ1n) is 6.78. The van der Waals surface area contributed by atoms with Crippen LogP contribution in [0.4, 0.5) is 0 Å². The first-order valence-corrected chi connectivity index (χ1v) is 6.78. The quantitative estimate of drug-likeness (QED) is 0.929. The van der Waals surface area contributed by atoms with Crippen molar-refractivity contribution in [1.82, 2.24) is 10.1 Å². The summed E-state index contributed by atoms with van der Waals surface area (Å²) in [6.45, 7) is 2.02. The largest absolute Gasteiger partial charge is 0.481 e. The normalized spacial score (nSPS) is 22.1. The zero-order valence-electron chi connectivity index (χ0n) is 11.2. The number of hydrogen-bond donors (Lipinski definition) is 1. The third kappa shape index (κ3) is 2.31. The molecular weight excluding hydrogens is 256 g/mol. The van der Waals surface area contributed by atoms with Crippen LogP contribution in [-0.2, 0) is 4.79 Å². The first-order chi connectivity index (χ1) is 9.65. The highest BCUT2D eigenvalue weighted by atomic mass is 16.5. The monoisotopic (exact) mass is 272 g/mol. The number of carboxylic acids is 1. The summed E-state index contributed by atoms with van der Waals surface area (Å²) < 4.78 is 5.29. The molecule has 1 aromatic carbocycles. The lowest BCUT2D eigenvalue weighted by atomic mass is 9.96. The average Bonchev–Trinajstić information content (AvgIpc) is 3.08. The van der Waals surface area contributed by atoms with Gasteiger partial charge < -0.3 is 9.63 Å². The van der Waals surface area contributed by atoms with Crippen LogP contribution in [0.2, 0.25) is 0 Å². The van der Waals surface area contributed by atoms with Crippen LogP contribution >= 0.6 is 0 Å². The number of carbonyl (C=O) groups is 1. The minimum absolute atomic E-state index is 0.154. The lowest BCUT2D eigenvalue weighted by Gasteiger charge is -2.09. The Bertz CT molecular complexity index is 618. The molecule has 1 heterocycles. The van der Waals surface area contributed by atoms with E-state index in [-0.39, 0.29) is 5.92 Å². The molecule has 0 bridgehead atoms. The van der Waals surface area contributed by atoms with E-state index in [1.54, 1.807) is 0 Å². The molecule has 1 fully saturated rings. The molecule has 1 aliphatic carbocycles. The second kappa shape index (κ2) is 5.07. The molecule has 0 saturated heterocycles. The summed E-state index contributed by atoms with van der Waals surface area (Å²) >= 11 is 0. The fourth-order valence-electron chi connectivity index (χ4n) is 2.76. The van der Waals surface area contributed by atoms with Gasteiger partial charge in [-0.2, -0.15) is 4.98 Å². The van der Waals surface area contributed by atoms with Gasteiger partial charge in [-0.05, 0) is 19.8 Å². The highest BCUT2D eigenvalue weighted by Crippen LogP contribution is 2.39. The standard InChI is InChI=1S/C15H16N2O3/c1-9-5-7-10(8-6-9)13-16-14(20-17-13)11-3-2-4-12(11)15(18)19/h5-8,11-12H,2-4H2,1H3,(H,18,19). The Balaban J connectivity index is 1.86. The number of carboxylic acid groups (broad SMARTS) is 1. The molecule has 1 saturated carbocycles. The van der Waals surface area contributed by atoms with Gasteiger partial charge in [-0.3, -0.25) is 4.79 Å². The molecule has 0 spiro atoms. The minimum atomic E-state index is -0.775. The molecule has 104 valence electrons. The van der Waals surface area contributed by atoms with Crippen molar-refractivity contribution >= 4 is 5.97 Å². The lowest BCUT2D eigenvalue weighted by molar-refractivity contribution is -0.142. The topological polar surface area (TPSA) is 76.2 Å². The van der Waals surface area contributed by atoms with Gasteiger partial charge in [-0.15, -0.1) is 0 Å². The van der Waals surface area contributed by atoms with Crippen LogP contribution in [0.5, 0.6) is 0 Å². The van der Waals surface area contributed by atoms with Gasteiger partial charge in [0, 0.05) is 5.56 Å². The van der Waals surface area contributed by atoms with Crippen molar-refractivity contribution in [3.63, 3.8) is 0 Å². The lowest BCUT2D eigenvalue weighted by Crippen LogP contribution is -2.17. The molecule has 5 nitrogen and oxygen atoms in total. The zero-order valence-corrected chi connectivity index (χ0v) is 11.2. The fourth-order valence-corrected chi connectivity index (χ4v) is 2.76. The summed E-state index contributed by atoms with van der Waals surface area (Å²) in [4.78, 5) is 15.6. The molecule has 3 rings (SSSR count). The third-order valence-electron chi connectivity index (χ3n) is 3.90. The molecule has 0 aliphatic heterocycles. The van der Waals surface area contributed by atoms with E-state index in [1.165, 1.54) is 5.56 Å². The third-order valence-corrected chi connectivity index (χ3v) is 3.90. The van der Waals surface area contributed by atoms with Gasteiger partial charge in [-0.1, -0.05) is 41.4 Å². The summed E-state index contributed by atoms with van der Waals surface area (Å²) in [7, 11) is 0. The van der Waals surface area contributed by atoms with E-state index in [9.17, 15) is 9.90 Å². The van der Waals surface area contributed by atoms with E-state index in [0.29, 0.717) is 18.1 Å². The number of aliphatic carboxylic acids is 1. The number of aryl methyl sites for hydroxylation is 1. The van der Waals surface area contributed by atoms with Crippen LogP contribution in [-0.4, -0.2) is 21.2 Å². The molecule has 0 amide bonds. The molecule has 20 heavy (non-hydrogen) atoms. The molecular formula is C15H16N2O3. The highest BCUT2D eigenvalue weighted by molar-refractivity contribution is 5.71. The van der Waals surface area contributed by atoms with Crippen LogP contribution < -0.4 is 0 Å². The van der Waals surface area contributed by atoms with Crippen LogP contribution in [0.15, 0.2) is 28.8 Å². The average molecular weight is 272 g/mol. The fraction of sp³-hybridized carbons (Fsp3) is 0.400. The molecule has 0 radical (unpaired) electrons. The maximum absolute atomic E-state index is 11.2. The van der Waals surface area contributed by atoms with Gasteiger partial charge in [0.1, 0.15) is 0 Å². The van der Waals surface area contributed by atoms with Gasteiger partial charge in [0.25, 0.3) is 0 Å². The number of rotatable bonds is 3. The van der Waals surface area contributed by atoms with Crippen molar-refractivity contribution in [3.8, 4) is 11.4 Å². The minimum Gasteiger partial charge on any atom is -0.481 e. The van der Waals surface area contributed by atoms with Gasteiger partial charge in [0.2, 0.25) is 11.7 Å².